The maximum atomic E-state index is 12.9. The molecule has 0 aromatic carbocycles. The Bertz CT molecular complexity index is 6290. The van der Waals surface area contributed by atoms with Gasteiger partial charge in [-0.25, -0.2) is 15.0 Å². The Morgan fingerprint density at radius 2 is 1.08 bits per heavy atom. The molecule has 5 aliphatic carbocycles. The number of nitrogens with one attached hydrogen (secondary N) is 4. The van der Waals surface area contributed by atoms with Crippen LogP contribution in [-0.2, 0) is 11.3 Å². The van der Waals surface area contributed by atoms with Crippen LogP contribution in [0.15, 0.2) is 72.5 Å². The third-order valence-electron chi connectivity index (χ3n) is 27.8. The van der Waals surface area contributed by atoms with E-state index in [4.69, 9.17) is 49.8 Å². The van der Waals surface area contributed by atoms with E-state index in [9.17, 15) is 34.3 Å². The topological polar surface area (TPSA) is 518 Å². The number of nitriles is 2. The lowest BCUT2D eigenvalue weighted by Crippen LogP contribution is -2.41. The highest BCUT2D eigenvalue weighted by Gasteiger charge is 2.45. The van der Waals surface area contributed by atoms with Crippen molar-refractivity contribution in [3.63, 3.8) is 0 Å². The number of carbonyl (C=O) groups is 5. The van der Waals surface area contributed by atoms with Crippen LogP contribution in [0.1, 0.15) is 261 Å². The molecule has 10 aliphatic rings. The van der Waals surface area contributed by atoms with Crippen molar-refractivity contribution in [2.24, 2.45) is 45.9 Å². The summed E-state index contributed by atoms with van der Waals surface area (Å²) in [6, 6.07) is 14.8. The van der Waals surface area contributed by atoms with Gasteiger partial charge in [-0.1, -0.05) is 19.9 Å². The number of Topliss-reactive ketones (excluding diaryl/α,β-unsaturated/α-hetero) is 3. The number of methoxy groups -OCH3 is 3. The Morgan fingerprint density at radius 3 is 1.62 bits per heavy atom. The molecule has 2 amide bonds. The Hall–Kier alpha value is -14.3. The van der Waals surface area contributed by atoms with Gasteiger partial charge in [-0.05, 0) is 177 Å². The molecule has 0 radical (unpaired) electrons. The molecule has 41 nitrogen and oxygen atoms in total. The number of piperidine rings is 4. The standard InChI is InChI=1S/C27H31N7O3.C25H33N7O4.C24H28N8O3.C24H28N6O3/c1-3-16-13-18(16)15-37-27-32-24(25(35)30-19-5-4-6-19)31-26(33-27)34-11-8-17(9-12-34)23-22-20(14-29-23)28-10-7-21(22)36-2;1-15(14-34-2)36-25-30-22(23(33)28-17-5-4-6-17)29-24(31-25)32-11-8-16(9-12-32)18-13-27-21-20(18)19(35-3)7-10-26-21;1-15(12-33)10-18(34)20-29-22(31-23(30-20)35-14-24(13-25)4-5-24)32-8-2-16(3-9-32)17-11-28-21-19(17)26-6-7-27-21;1-3-5-21(32)22-27-23(29-24(28-22)33-14-18-12-17(18)13-25)30-10-8-16(9-11-30)20-7-4-6-19(26-20)15(2)31/h1,7,10,16-19H,4-6,8-9,11-15H2,2H3,(H,30,35);7,10,13,15-17H,4-6,8-9,11-12,14H2,1-3H3,(H,26,27)(H,28,33);6-7,11,15-16,33H,2-5,8-10,12,14H2,1H3,(H,27,28);4,6-7,16-18H,3,5,8-12,14H2,1-2H3/t16-,18-;2*15-;17-,18+/m1100/s1. The number of aromatic nitrogens is 19. The number of hydrogen-bond donors (Lipinski definition) is 5. The van der Waals surface area contributed by atoms with Crippen molar-refractivity contribution in [1.82, 2.24) is 105 Å². The lowest BCUT2D eigenvalue weighted by Gasteiger charge is -2.32. The summed E-state index contributed by atoms with van der Waals surface area (Å²) < 4.78 is 39.6. The summed E-state index contributed by atoms with van der Waals surface area (Å²) in [6.45, 7) is 14.7. The first-order valence-corrected chi connectivity index (χ1v) is 49.1. The van der Waals surface area contributed by atoms with Crippen LogP contribution in [0.25, 0.3) is 22.2 Å². The smallest absolute Gasteiger partial charge is 0.322 e. The van der Waals surface area contributed by atoms with E-state index in [2.05, 4.69) is 133 Å². The number of anilines is 4. The van der Waals surface area contributed by atoms with Gasteiger partial charge in [0, 0.05) is 176 Å². The van der Waals surface area contributed by atoms with Gasteiger partial charge < -0.3 is 78.5 Å². The molecule has 5 saturated carbocycles. The summed E-state index contributed by atoms with van der Waals surface area (Å²) in [5, 5.41) is 34.8. The number of fused-ring (bicyclic) bond motifs is 3. The number of aromatic amines is 2. The third kappa shape index (κ3) is 24.3. The molecule has 41 heteroatoms. The molecule has 0 spiro atoms. The fourth-order valence-electron chi connectivity index (χ4n) is 18.5. The van der Waals surface area contributed by atoms with Crippen molar-refractivity contribution in [2.45, 2.75) is 205 Å². The fourth-order valence-corrected chi connectivity index (χ4v) is 18.5. The summed E-state index contributed by atoms with van der Waals surface area (Å²) in [5.74, 6) is 7.31. The molecule has 6 atom stereocenters. The van der Waals surface area contributed by atoms with Gasteiger partial charge in [0.25, 0.3) is 11.8 Å². The molecule has 738 valence electrons. The zero-order valence-corrected chi connectivity index (χ0v) is 80.7. The summed E-state index contributed by atoms with van der Waals surface area (Å²) in [7, 11) is 4.98. The van der Waals surface area contributed by atoms with Crippen LogP contribution in [0.5, 0.6) is 35.5 Å². The van der Waals surface area contributed by atoms with Crippen LogP contribution in [0.3, 0.4) is 0 Å². The van der Waals surface area contributed by atoms with Crippen LogP contribution >= 0.6 is 0 Å². The minimum atomic E-state index is -0.483. The number of aliphatic hydroxyl groups excluding tert-OH is 1. The SMILES string of the molecule is C#C[C@@H]1C[C@@H]1COc1nc(C(=O)NC2CCC2)nc(N2CCC(C3=NCc4nccc(OC)c43)CC2)n1.CCCC(=O)c1nc(OC[C@H]2C[C@H]2C#N)nc(N2CCC(c3cccc(C(C)=O)n3)CC2)n1.COC[C@@H](C)Oc1nc(C(=O)NC2CCC2)nc(N2CCC(c3c[nH]c4nccc(OC)c34)CC2)n1.C[C@H](CO)CC(=O)c1nc(OCC2(C#N)CC2)nc(N2CCC(c3c[nH]c4nccnc34)CC2)n1. The average Bonchev–Trinajstić information content (AvgIpc) is 1.69. The largest absolute Gasteiger partial charge is 0.496 e. The second-order valence-corrected chi connectivity index (χ2v) is 38.0. The molecular weight excluding hydrogens is 1800 g/mol. The number of H-pyrrole nitrogens is 2. The Morgan fingerprint density at radius 1 is 0.567 bits per heavy atom. The minimum absolute atomic E-state index is 0.0288. The Balaban J connectivity index is 0.000000130. The van der Waals surface area contributed by atoms with Crippen molar-refractivity contribution >= 4 is 80.9 Å². The summed E-state index contributed by atoms with van der Waals surface area (Å²) in [5.41, 5.74) is 8.92. The molecule has 15 heterocycles. The number of ketones is 3. The van der Waals surface area contributed by atoms with Crippen molar-refractivity contribution < 1.29 is 62.2 Å². The molecule has 4 saturated heterocycles. The van der Waals surface area contributed by atoms with E-state index in [1.807, 2.05) is 60.3 Å². The molecule has 0 bridgehead atoms. The van der Waals surface area contributed by atoms with Crippen molar-refractivity contribution in [3.05, 3.63) is 125 Å². The van der Waals surface area contributed by atoms with Gasteiger partial charge in [-0.2, -0.15) is 70.3 Å². The molecule has 10 aromatic heterocycles. The number of pyridine rings is 3. The number of terminal acetylenes is 1. The normalized spacial score (nSPS) is 19.8. The second-order valence-electron chi connectivity index (χ2n) is 38.0. The van der Waals surface area contributed by atoms with Crippen molar-refractivity contribution in [2.75, 3.05) is 126 Å². The average molecular weight is 1920 g/mol. The van der Waals surface area contributed by atoms with Crippen molar-refractivity contribution in [1.29, 1.82) is 10.5 Å². The van der Waals surface area contributed by atoms with Gasteiger partial charge in [-0.15, -0.1) is 12.3 Å². The number of carbonyl (C=O) groups excluding carboxylic acids is 5. The number of hydrogen-bond acceptors (Lipinski definition) is 37. The monoisotopic (exact) mass is 1920 g/mol. The second kappa shape index (κ2) is 45.3. The summed E-state index contributed by atoms with van der Waals surface area (Å²) in [6.07, 6.45) is 33.9. The molecule has 141 heavy (non-hydrogen) atoms. The zero-order valence-electron chi connectivity index (χ0n) is 80.7. The number of rotatable bonds is 35. The maximum absolute atomic E-state index is 12.9. The first-order chi connectivity index (χ1) is 68.6. The number of nitrogens with zero attached hydrogens (tertiary/aromatic N) is 24. The third-order valence-corrected chi connectivity index (χ3v) is 27.8. The van der Waals surface area contributed by atoms with Gasteiger partial charge in [0.15, 0.2) is 17.2 Å². The maximum Gasteiger partial charge on any atom is 0.322 e. The van der Waals surface area contributed by atoms with E-state index in [0.29, 0.717) is 119 Å². The van der Waals surface area contributed by atoms with Crippen molar-refractivity contribution in [3.8, 4) is 60.0 Å². The van der Waals surface area contributed by atoms with E-state index in [0.717, 1.165) is 204 Å². The predicted molar refractivity (Wildman–Crippen MR) is 517 cm³/mol. The van der Waals surface area contributed by atoms with E-state index in [1.54, 1.807) is 59.1 Å². The molecule has 0 unspecified atom stereocenters. The minimum Gasteiger partial charge on any atom is -0.496 e. The fraction of sp³-hybridized carbons (Fsp3) is 0.550. The number of aliphatic imine (C=N–C) groups is 1. The lowest BCUT2D eigenvalue weighted by atomic mass is 9.88. The quantitative estimate of drug-likeness (QED) is 0.0182. The van der Waals surface area contributed by atoms with E-state index < -0.39 is 5.41 Å². The molecule has 10 aromatic rings. The van der Waals surface area contributed by atoms with Crippen LogP contribution in [0.2, 0.25) is 0 Å². The van der Waals surface area contributed by atoms with Crippen LogP contribution in [-0.4, -0.2) is 260 Å². The lowest BCUT2D eigenvalue weighted by molar-refractivity contribution is 0.0832. The van der Waals surface area contributed by atoms with Gasteiger partial charge in [-0.3, -0.25) is 38.9 Å². The summed E-state index contributed by atoms with van der Waals surface area (Å²) in [4.78, 5) is 158. The number of ether oxygens (including phenoxy) is 7. The zero-order chi connectivity index (χ0) is 98.2. The van der Waals surface area contributed by atoms with Crippen LogP contribution in [0, 0.1) is 75.9 Å². The van der Waals surface area contributed by atoms with Gasteiger partial charge in [0.1, 0.15) is 41.1 Å². The molecule has 20 rings (SSSR count). The highest BCUT2D eigenvalue weighted by molar-refractivity contribution is 6.07. The highest BCUT2D eigenvalue weighted by atomic mass is 16.5. The first-order valence-electron chi connectivity index (χ1n) is 49.1. The first kappa shape index (κ1) is 98.3. The Labute approximate surface area is 816 Å². The highest BCUT2D eigenvalue weighted by Crippen LogP contribution is 2.46. The summed E-state index contributed by atoms with van der Waals surface area (Å²) >= 11 is 0. The van der Waals surface area contributed by atoms with Gasteiger partial charge in [0.2, 0.25) is 52.9 Å². The number of aliphatic hydroxyl groups is 1. The number of amides is 2. The van der Waals surface area contributed by atoms with E-state index in [1.165, 1.54) is 12.5 Å². The van der Waals surface area contributed by atoms with Crippen LogP contribution < -0.4 is 58.7 Å². The molecule has 5 aliphatic heterocycles. The van der Waals surface area contributed by atoms with E-state index >= 15 is 0 Å². The molecule has 9 fully saturated rings. The predicted octanol–water partition coefficient (Wildman–Crippen LogP) is 11.0. The van der Waals surface area contributed by atoms with Gasteiger partial charge >= 0.3 is 24.0 Å². The van der Waals surface area contributed by atoms with E-state index in [-0.39, 0.29) is 144 Å². The van der Waals surface area contributed by atoms with Crippen LogP contribution in [0.4, 0.5) is 23.8 Å². The van der Waals surface area contributed by atoms with Gasteiger partial charge in [0.05, 0.1) is 86.4 Å². The molecule has 5 N–H and O–H groups in total. The Kier molecular flexibility index (Phi) is 31.6. The molecular formula is C100H120N28O13.